The molecule has 1 N–H and O–H groups in total. The third-order valence-electron chi connectivity index (χ3n) is 8.06. The molecule has 1 saturated carbocycles. The molecule has 0 bridgehead atoms. The first-order valence-electron chi connectivity index (χ1n) is 13.6. The summed E-state index contributed by atoms with van der Waals surface area (Å²) in [5, 5.41) is 14.3. The zero-order chi connectivity index (χ0) is 25.9. The van der Waals surface area contributed by atoms with Gasteiger partial charge >= 0.3 is 5.69 Å². The molecule has 194 valence electrons. The fourth-order valence-electron chi connectivity index (χ4n) is 6.00. The maximum Gasteiger partial charge on any atom is 0.328 e. The number of tetrazole rings is 1. The van der Waals surface area contributed by atoms with Gasteiger partial charge in [-0.1, -0.05) is 58.4 Å². The third-order valence-corrected chi connectivity index (χ3v) is 8.06. The Balaban J connectivity index is 1.51. The summed E-state index contributed by atoms with van der Waals surface area (Å²) in [5.41, 5.74) is 5.30. The second-order valence-electron chi connectivity index (χ2n) is 10.8. The van der Waals surface area contributed by atoms with Crippen LogP contribution in [0.15, 0.2) is 53.7 Å². The van der Waals surface area contributed by atoms with E-state index in [1.54, 1.807) is 0 Å². The minimum Gasteiger partial charge on any atom is -0.295 e. The van der Waals surface area contributed by atoms with Gasteiger partial charge in [-0.05, 0) is 71.4 Å². The quantitative estimate of drug-likeness (QED) is 0.327. The highest BCUT2D eigenvalue weighted by atomic mass is 16.1. The Hall–Kier alpha value is -3.55. The van der Waals surface area contributed by atoms with Gasteiger partial charge in [-0.15, -0.1) is 10.2 Å². The minimum absolute atomic E-state index is 0.109. The highest BCUT2D eigenvalue weighted by molar-refractivity contribution is 5.69. The van der Waals surface area contributed by atoms with E-state index in [9.17, 15) is 4.79 Å². The van der Waals surface area contributed by atoms with Gasteiger partial charge in [0.05, 0.1) is 6.54 Å². The molecule has 3 unspecified atom stereocenters. The van der Waals surface area contributed by atoms with E-state index in [0.717, 1.165) is 47.2 Å². The van der Waals surface area contributed by atoms with Crippen molar-refractivity contribution < 1.29 is 0 Å². The second kappa shape index (κ2) is 10.8. The number of aryl methyl sites for hydroxylation is 1. The molecule has 8 nitrogen and oxygen atoms in total. The average molecular weight is 500 g/mol. The third kappa shape index (κ3) is 5.02. The van der Waals surface area contributed by atoms with Crippen LogP contribution in [0.25, 0.3) is 22.5 Å². The number of nitrogens with zero attached hydrogens (tertiary/aromatic N) is 6. The molecule has 0 radical (unpaired) electrons. The van der Waals surface area contributed by atoms with E-state index in [1.807, 2.05) is 35.2 Å². The highest BCUT2D eigenvalue weighted by Gasteiger charge is 2.37. The Bertz CT molecular complexity index is 1370. The van der Waals surface area contributed by atoms with Crippen molar-refractivity contribution in [3.05, 3.63) is 70.7 Å². The first-order chi connectivity index (χ1) is 18.0. The molecule has 0 amide bonds. The van der Waals surface area contributed by atoms with Gasteiger partial charge in [-0.3, -0.25) is 14.1 Å². The van der Waals surface area contributed by atoms with Crippen molar-refractivity contribution in [3.8, 4) is 22.5 Å². The molecule has 5 rings (SSSR count). The lowest BCUT2D eigenvalue weighted by molar-refractivity contribution is 0.255. The summed E-state index contributed by atoms with van der Waals surface area (Å²) in [6.45, 7) is 9.60. The number of rotatable bonds is 9. The van der Waals surface area contributed by atoms with Crippen LogP contribution in [-0.4, -0.2) is 34.7 Å². The molecule has 3 atom stereocenters. The van der Waals surface area contributed by atoms with Crippen molar-refractivity contribution in [3.63, 3.8) is 0 Å². The molecular formula is C29H37N7O. The smallest absolute Gasteiger partial charge is 0.295 e. The normalized spacial score (nSPS) is 19.6. The summed E-state index contributed by atoms with van der Waals surface area (Å²) in [6.07, 6.45) is 11.3. The molecule has 1 aromatic carbocycles. The predicted octanol–water partition coefficient (Wildman–Crippen LogP) is 5.53. The fraction of sp³-hybridized carbons (Fsp3) is 0.483. The molecule has 0 spiro atoms. The number of hydrogen-bond donors (Lipinski definition) is 1. The Kier molecular flexibility index (Phi) is 7.35. The standard InChI is InChI=1S/C29H37N7O/c1-5-6-7-24-18-36(27-20(4)8-13-25(27)19(2)3)29(37)35(24)17-23-16-30-15-14-26(23)21-9-11-22(12-10-21)28-31-33-34-32-28/h9-12,14-16,18-20,25,27H,5-8,13,17H2,1-4H3,(H,31,32,33,34). The largest absolute Gasteiger partial charge is 0.328 e. The fourth-order valence-corrected chi connectivity index (χ4v) is 6.00. The zero-order valence-electron chi connectivity index (χ0n) is 22.3. The van der Waals surface area contributed by atoms with Crippen LogP contribution in [0.2, 0.25) is 0 Å². The Morgan fingerprint density at radius 2 is 1.89 bits per heavy atom. The number of benzene rings is 1. The minimum atomic E-state index is 0.109. The van der Waals surface area contributed by atoms with Crippen molar-refractivity contribution >= 4 is 0 Å². The van der Waals surface area contributed by atoms with Crippen molar-refractivity contribution in [2.75, 3.05) is 0 Å². The molecular weight excluding hydrogens is 462 g/mol. The number of imidazole rings is 1. The van der Waals surface area contributed by atoms with Crippen LogP contribution in [0.5, 0.6) is 0 Å². The Morgan fingerprint density at radius 1 is 1.11 bits per heavy atom. The van der Waals surface area contributed by atoms with E-state index in [0.29, 0.717) is 30.1 Å². The zero-order valence-corrected chi connectivity index (χ0v) is 22.3. The topological polar surface area (TPSA) is 94.3 Å². The maximum atomic E-state index is 14.0. The molecule has 8 heteroatoms. The van der Waals surface area contributed by atoms with Gasteiger partial charge < -0.3 is 0 Å². The molecule has 3 heterocycles. The predicted molar refractivity (Wildman–Crippen MR) is 145 cm³/mol. The molecule has 1 aliphatic rings. The number of pyridine rings is 1. The average Bonchev–Trinajstić information content (AvgIpc) is 3.64. The van der Waals surface area contributed by atoms with Gasteiger partial charge in [0.15, 0.2) is 0 Å². The van der Waals surface area contributed by atoms with Crippen molar-refractivity contribution in [2.24, 2.45) is 17.8 Å². The molecule has 0 aliphatic heterocycles. The van der Waals surface area contributed by atoms with Crippen LogP contribution < -0.4 is 5.69 Å². The van der Waals surface area contributed by atoms with E-state index in [-0.39, 0.29) is 11.7 Å². The van der Waals surface area contributed by atoms with Crippen molar-refractivity contribution in [1.29, 1.82) is 0 Å². The van der Waals surface area contributed by atoms with Crippen LogP contribution in [0.3, 0.4) is 0 Å². The number of unbranched alkanes of at least 4 members (excludes halogenated alkanes) is 1. The molecule has 1 aliphatic carbocycles. The number of aromatic amines is 1. The summed E-state index contributed by atoms with van der Waals surface area (Å²) >= 11 is 0. The first kappa shape index (κ1) is 25.1. The van der Waals surface area contributed by atoms with Crippen LogP contribution in [0.1, 0.15) is 70.7 Å². The molecule has 0 saturated heterocycles. The molecule has 37 heavy (non-hydrogen) atoms. The van der Waals surface area contributed by atoms with Gasteiger partial charge in [0.25, 0.3) is 0 Å². The van der Waals surface area contributed by atoms with Gasteiger partial charge in [-0.25, -0.2) is 4.79 Å². The number of nitrogens with one attached hydrogen (secondary N) is 1. The number of aromatic nitrogens is 7. The van der Waals surface area contributed by atoms with E-state index in [4.69, 9.17) is 0 Å². The highest BCUT2D eigenvalue weighted by Crippen LogP contribution is 2.44. The molecule has 3 aromatic heterocycles. The van der Waals surface area contributed by atoms with E-state index < -0.39 is 0 Å². The molecule has 4 aromatic rings. The van der Waals surface area contributed by atoms with Crippen LogP contribution in [0, 0.1) is 17.8 Å². The van der Waals surface area contributed by atoms with Gasteiger partial charge in [0.1, 0.15) is 0 Å². The second-order valence-corrected chi connectivity index (χ2v) is 10.8. The monoisotopic (exact) mass is 499 g/mol. The van der Waals surface area contributed by atoms with Gasteiger partial charge in [0.2, 0.25) is 5.82 Å². The van der Waals surface area contributed by atoms with Crippen LogP contribution in [0.4, 0.5) is 0 Å². The first-order valence-corrected chi connectivity index (χ1v) is 13.6. The number of hydrogen-bond acceptors (Lipinski definition) is 5. The van der Waals surface area contributed by atoms with E-state index in [2.05, 4.69) is 76.2 Å². The SMILES string of the molecule is CCCCc1cn(C2C(C)CCC2C(C)C)c(=O)n1Cc1cnccc1-c1ccc(-c2nn[nH]n2)cc1. The lowest BCUT2D eigenvalue weighted by atomic mass is 9.89. The summed E-state index contributed by atoms with van der Waals surface area (Å²) in [5.74, 6) is 2.17. The van der Waals surface area contributed by atoms with Crippen LogP contribution in [-0.2, 0) is 13.0 Å². The van der Waals surface area contributed by atoms with Gasteiger partial charge in [-0.2, -0.15) is 5.21 Å². The van der Waals surface area contributed by atoms with Crippen LogP contribution >= 0.6 is 0 Å². The van der Waals surface area contributed by atoms with Crippen molar-refractivity contribution in [2.45, 2.75) is 72.4 Å². The summed E-state index contributed by atoms with van der Waals surface area (Å²) in [4.78, 5) is 18.4. The Labute approximate surface area is 218 Å². The van der Waals surface area contributed by atoms with E-state index in [1.165, 1.54) is 12.8 Å². The van der Waals surface area contributed by atoms with E-state index >= 15 is 0 Å². The summed E-state index contributed by atoms with van der Waals surface area (Å²) < 4.78 is 4.06. The lowest BCUT2D eigenvalue weighted by Gasteiger charge is -2.26. The lowest BCUT2D eigenvalue weighted by Crippen LogP contribution is -2.33. The summed E-state index contributed by atoms with van der Waals surface area (Å²) in [7, 11) is 0. The number of H-pyrrole nitrogens is 1. The summed E-state index contributed by atoms with van der Waals surface area (Å²) in [6, 6.07) is 10.4. The maximum absolute atomic E-state index is 14.0. The van der Waals surface area contributed by atoms with Crippen molar-refractivity contribution in [1.82, 2.24) is 34.7 Å². The van der Waals surface area contributed by atoms with Gasteiger partial charge in [0, 0.05) is 35.9 Å². The molecule has 1 fully saturated rings. The Morgan fingerprint density at radius 3 is 2.59 bits per heavy atom.